The molecule has 0 saturated carbocycles. The SMILES string of the molecule is CC(C)(C)OC(=O)CC(=O)C1=CCCCC1. The number of allylic oxidation sites excluding steroid dienone is 2. The molecule has 0 aliphatic heterocycles. The normalized spacial score (nSPS) is 16.6. The highest BCUT2D eigenvalue weighted by Crippen LogP contribution is 2.19. The van der Waals surface area contributed by atoms with Crippen LogP contribution in [0.15, 0.2) is 11.6 Å². The third-order valence-electron chi connectivity index (χ3n) is 2.37. The Morgan fingerprint density at radius 1 is 1.31 bits per heavy atom. The number of ketones is 1. The predicted molar refractivity (Wildman–Crippen MR) is 62.0 cm³/mol. The predicted octanol–water partition coefficient (Wildman–Crippen LogP) is 2.79. The third-order valence-corrected chi connectivity index (χ3v) is 2.37. The van der Waals surface area contributed by atoms with E-state index in [1.165, 1.54) is 0 Å². The molecule has 0 saturated heterocycles. The molecule has 0 aromatic rings. The molecule has 3 nitrogen and oxygen atoms in total. The molecule has 0 heterocycles. The topological polar surface area (TPSA) is 43.4 Å². The first-order valence-corrected chi connectivity index (χ1v) is 5.82. The molecule has 90 valence electrons. The molecule has 16 heavy (non-hydrogen) atoms. The lowest BCUT2D eigenvalue weighted by Gasteiger charge is -2.19. The summed E-state index contributed by atoms with van der Waals surface area (Å²) in [5, 5.41) is 0. The average Bonchev–Trinajstić information content (AvgIpc) is 2.16. The van der Waals surface area contributed by atoms with Crippen LogP contribution in [0.25, 0.3) is 0 Å². The van der Waals surface area contributed by atoms with Crippen LogP contribution in [0.2, 0.25) is 0 Å². The number of carbonyl (C=O) groups excluding carboxylic acids is 2. The standard InChI is InChI=1S/C13H20O3/c1-13(2,3)16-12(15)9-11(14)10-7-5-4-6-8-10/h7H,4-6,8-9H2,1-3H3. The number of rotatable bonds is 3. The lowest BCUT2D eigenvalue weighted by atomic mass is 9.95. The highest BCUT2D eigenvalue weighted by molar-refractivity contribution is 6.05. The number of ether oxygens (including phenoxy) is 1. The molecule has 1 aliphatic rings. The minimum Gasteiger partial charge on any atom is -0.460 e. The van der Waals surface area contributed by atoms with Crippen LogP contribution >= 0.6 is 0 Å². The van der Waals surface area contributed by atoms with Crippen molar-refractivity contribution in [3.8, 4) is 0 Å². The van der Waals surface area contributed by atoms with E-state index in [2.05, 4.69) is 0 Å². The Labute approximate surface area is 96.9 Å². The van der Waals surface area contributed by atoms with Gasteiger partial charge in [-0.25, -0.2) is 0 Å². The van der Waals surface area contributed by atoms with Crippen LogP contribution in [0.1, 0.15) is 52.9 Å². The molecule has 1 aliphatic carbocycles. The van der Waals surface area contributed by atoms with E-state index in [1.807, 2.05) is 6.08 Å². The van der Waals surface area contributed by atoms with Crippen LogP contribution in [-0.4, -0.2) is 17.4 Å². The van der Waals surface area contributed by atoms with E-state index in [-0.39, 0.29) is 12.2 Å². The molecule has 0 atom stereocenters. The van der Waals surface area contributed by atoms with Crippen molar-refractivity contribution in [3.63, 3.8) is 0 Å². The molecule has 3 heteroatoms. The summed E-state index contributed by atoms with van der Waals surface area (Å²) in [5.74, 6) is -0.502. The molecule has 0 N–H and O–H groups in total. The average molecular weight is 224 g/mol. The lowest BCUT2D eigenvalue weighted by Crippen LogP contribution is -2.25. The second-order valence-corrected chi connectivity index (χ2v) is 5.16. The van der Waals surface area contributed by atoms with E-state index in [0.29, 0.717) is 0 Å². The van der Waals surface area contributed by atoms with Crippen molar-refractivity contribution in [3.05, 3.63) is 11.6 Å². The Balaban J connectivity index is 2.45. The zero-order valence-corrected chi connectivity index (χ0v) is 10.3. The Hall–Kier alpha value is -1.12. The van der Waals surface area contributed by atoms with Crippen LogP contribution in [0.4, 0.5) is 0 Å². The zero-order valence-electron chi connectivity index (χ0n) is 10.3. The fourth-order valence-corrected chi connectivity index (χ4v) is 1.71. The molecule has 0 unspecified atom stereocenters. The summed E-state index contributed by atoms with van der Waals surface area (Å²) in [6.45, 7) is 5.40. The van der Waals surface area contributed by atoms with Gasteiger partial charge in [-0.2, -0.15) is 0 Å². The molecule has 0 aromatic carbocycles. The van der Waals surface area contributed by atoms with Crippen molar-refractivity contribution in [1.29, 1.82) is 0 Å². The number of Topliss-reactive ketones (excluding diaryl/α,β-unsaturated/α-hetero) is 1. The summed E-state index contributed by atoms with van der Waals surface area (Å²) in [5.41, 5.74) is 0.287. The van der Waals surface area contributed by atoms with Crippen molar-refractivity contribution in [1.82, 2.24) is 0 Å². The van der Waals surface area contributed by atoms with Gasteiger partial charge in [-0.1, -0.05) is 6.08 Å². The molecule has 0 aromatic heterocycles. The number of hydrogen-bond donors (Lipinski definition) is 0. The zero-order chi connectivity index (χ0) is 12.2. The highest BCUT2D eigenvalue weighted by atomic mass is 16.6. The van der Waals surface area contributed by atoms with Crippen molar-refractivity contribution in [2.45, 2.75) is 58.5 Å². The van der Waals surface area contributed by atoms with Crippen molar-refractivity contribution in [2.75, 3.05) is 0 Å². The quantitative estimate of drug-likeness (QED) is 0.547. The van der Waals surface area contributed by atoms with Crippen molar-refractivity contribution >= 4 is 11.8 Å². The van der Waals surface area contributed by atoms with Gasteiger partial charge in [0.1, 0.15) is 12.0 Å². The van der Waals surface area contributed by atoms with Gasteiger partial charge in [0.2, 0.25) is 0 Å². The van der Waals surface area contributed by atoms with E-state index < -0.39 is 11.6 Å². The van der Waals surface area contributed by atoms with Crippen LogP contribution in [0.3, 0.4) is 0 Å². The van der Waals surface area contributed by atoms with Crippen LogP contribution in [-0.2, 0) is 14.3 Å². The fraction of sp³-hybridized carbons (Fsp3) is 0.692. The molecule has 1 rings (SSSR count). The first-order valence-electron chi connectivity index (χ1n) is 5.82. The van der Waals surface area contributed by atoms with E-state index in [4.69, 9.17) is 4.74 Å². The number of hydrogen-bond acceptors (Lipinski definition) is 3. The molecule has 0 fully saturated rings. The molecular weight excluding hydrogens is 204 g/mol. The van der Waals surface area contributed by atoms with Gasteiger partial charge in [0, 0.05) is 0 Å². The summed E-state index contributed by atoms with van der Waals surface area (Å²) < 4.78 is 5.11. The van der Waals surface area contributed by atoms with Crippen LogP contribution < -0.4 is 0 Å². The van der Waals surface area contributed by atoms with E-state index in [0.717, 1.165) is 31.3 Å². The van der Waals surface area contributed by atoms with Gasteiger partial charge in [-0.3, -0.25) is 9.59 Å². The van der Waals surface area contributed by atoms with Gasteiger partial charge in [0.25, 0.3) is 0 Å². The molecule has 0 bridgehead atoms. The Kier molecular flexibility index (Phi) is 4.27. The Bertz CT molecular complexity index is 308. The summed E-state index contributed by atoms with van der Waals surface area (Å²) in [7, 11) is 0. The second kappa shape index (κ2) is 5.28. The van der Waals surface area contributed by atoms with E-state index >= 15 is 0 Å². The first kappa shape index (κ1) is 12.9. The summed E-state index contributed by atoms with van der Waals surface area (Å²) in [6.07, 6.45) is 5.78. The Morgan fingerprint density at radius 2 is 2.00 bits per heavy atom. The minimum absolute atomic E-state index is 0.0750. The maximum atomic E-state index is 11.7. The summed E-state index contributed by atoms with van der Waals surface area (Å²) >= 11 is 0. The molecular formula is C13H20O3. The highest BCUT2D eigenvalue weighted by Gasteiger charge is 2.21. The number of esters is 1. The molecule has 0 radical (unpaired) electrons. The number of carbonyl (C=O) groups is 2. The van der Waals surface area contributed by atoms with Crippen molar-refractivity contribution < 1.29 is 14.3 Å². The molecule has 0 amide bonds. The van der Waals surface area contributed by atoms with Gasteiger partial charge in [-0.15, -0.1) is 0 Å². The van der Waals surface area contributed by atoms with Gasteiger partial charge in [0.15, 0.2) is 5.78 Å². The smallest absolute Gasteiger partial charge is 0.314 e. The monoisotopic (exact) mass is 224 g/mol. The lowest BCUT2D eigenvalue weighted by molar-refractivity contribution is -0.155. The van der Waals surface area contributed by atoms with E-state index in [9.17, 15) is 9.59 Å². The maximum absolute atomic E-state index is 11.7. The second-order valence-electron chi connectivity index (χ2n) is 5.16. The van der Waals surface area contributed by atoms with Gasteiger partial charge in [0.05, 0.1) is 0 Å². The van der Waals surface area contributed by atoms with Gasteiger partial charge < -0.3 is 4.74 Å². The van der Waals surface area contributed by atoms with Crippen LogP contribution in [0.5, 0.6) is 0 Å². The Morgan fingerprint density at radius 3 is 2.50 bits per heavy atom. The largest absolute Gasteiger partial charge is 0.460 e. The molecule has 0 spiro atoms. The van der Waals surface area contributed by atoms with Crippen molar-refractivity contribution in [2.24, 2.45) is 0 Å². The summed E-state index contributed by atoms with van der Waals surface area (Å²) in [6, 6.07) is 0. The maximum Gasteiger partial charge on any atom is 0.314 e. The van der Waals surface area contributed by atoms with Gasteiger partial charge >= 0.3 is 5.97 Å². The van der Waals surface area contributed by atoms with E-state index in [1.54, 1.807) is 20.8 Å². The van der Waals surface area contributed by atoms with Crippen LogP contribution in [0, 0.1) is 0 Å². The fourth-order valence-electron chi connectivity index (χ4n) is 1.71. The van der Waals surface area contributed by atoms with Gasteiger partial charge in [-0.05, 0) is 52.0 Å². The third kappa shape index (κ3) is 4.60. The minimum atomic E-state index is -0.516. The first-order chi connectivity index (χ1) is 7.38. The summed E-state index contributed by atoms with van der Waals surface area (Å²) in [4.78, 5) is 23.2.